The largest absolute Gasteiger partial charge is 0.465 e. The number of ether oxygens (including phenoxy) is 1. The average molecular weight is 254 g/mol. The van der Waals surface area contributed by atoms with Gasteiger partial charge in [-0.05, 0) is 30.0 Å². The van der Waals surface area contributed by atoms with Crippen LogP contribution in [0.1, 0.15) is 35.2 Å². The third-order valence-electron chi connectivity index (χ3n) is 3.12. The van der Waals surface area contributed by atoms with Gasteiger partial charge in [0.2, 0.25) is 0 Å². The molecule has 92 valence electrons. The zero-order chi connectivity index (χ0) is 12.6. The summed E-state index contributed by atoms with van der Waals surface area (Å²) in [5.41, 5.74) is 1.08. The molecule has 1 atom stereocenters. The highest BCUT2D eigenvalue weighted by Gasteiger charge is 2.28. The second-order valence-electron chi connectivity index (χ2n) is 4.25. The SMILES string of the molecule is COC(=O)c1ccc2c(c1)S(=O)(=O)CC[C@@H]2C. The van der Waals surface area contributed by atoms with Crippen molar-refractivity contribution in [1.82, 2.24) is 0 Å². The molecule has 1 aromatic carbocycles. The fourth-order valence-electron chi connectivity index (χ4n) is 2.05. The molecule has 17 heavy (non-hydrogen) atoms. The minimum atomic E-state index is -3.25. The van der Waals surface area contributed by atoms with Crippen molar-refractivity contribution >= 4 is 15.8 Å². The number of esters is 1. The van der Waals surface area contributed by atoms with Crippen LogP contribution in [0.3, 0.4) is 0 Å². The van der Waals surface area contributed by atoms with E-state index in [1.165, 1.54) is 13.2 Å². The Morgan fingerprint density at radius 2 is 2.12 bits per heavy atom. The number of sulfone groups is 1. The Morgan fingerprint density at radius 1 is 1.41 bits per heavy atom. The highest BCUT2D eigenvalue weighted by Crippen LogP contribution is 2.33. The van der Waals surface area contributed by atoms with Gasteiger partial charge < -0.3 is 4.74 Å². The predicted molar refractivity (Wildman–Crippen MR) is 62.9 cm³/mol. The van der Waals surface area contributed by atoms with Gasteiger partial charge >= 0.3 is 5.97 Å². The number of hydrogen-bond acceptors (Lipinski definition) is 4. The topological polar surface area (TPSA) is 60.4 Å². The Hall–Kier alpha value is -1.36. The molecule has 5 heteroatoms. The predicted octanol–water partition coefficient (Wildman–Crippen LogP) is 1.75. The van der Waals surface area contributed by atoms with Crippen LogP contribution in [0, 0.1) is 0 Å². The van der Waals surface area contributed by atoms with Crippen molar-refractivity contribution in [2.45, 2.75) is 24.2 Å². The van der Waals surface area contributed by atoms with Crippen LogP contribution in [0.2, 0.25) is 0 Å². The average Bonchev–Trinajstić information content (AvgIpc) is 2.33. The van der Waals surface area contributed by atoms with Gasteiger partial charge in [0, 0.05) is 0 Å². The van der Waals surface area contributed by atoms with Crippen molar-refractivity contribution < 1.29 is 17.9 Å². The van der Waals surface area contributed by atoms with Crippen LogP contribution in [-0.2, 0) is 14.6 Å². The van der Waals surface area contributed by atoms with E-state index in [9.17, 15) is 13.2 Å². The van der Waals surface area contributed by atoms with E-state index < -0.39 is 15.8 Å². The summed E-state index contributed by atoms with van der Waals surface area (Å²) in [5, 5.41) is 0. The first-order chi connectivity index (χ1) is 7.95. The van der Waals surface area contributed by atoms with Gasteiger partial charge in [0.1, 0.15) is 0 Å². The summed E-state index contributed by atoms with van der Waals surface area (Å²) in [5.74, 6) is -0.160. The Bertz CT molecular complexity index is 560. The van der Waals surface area contributed by atoms with E-state index in [0.29, 0.717) is 6.42 Å². The molecule has 0 saturated heterocycles. The second-order valence-corrected chi connectivity index (χ2v) is 6.33. The van der Waals surface area contributed by atoms with Gasteiger partial charge in [-0.1, -0.05) is 13.0 Å². The minimum absolute atomic E-state index is 0.145. The van der Waals surface area contributed by atoms with E-state index in [1.807, 2.05) is 6.92 Å². The molecule has 0 N–H and O–H groups in total. The molecule has 1 aliphatic heterocycles. The van der Waals surface area contributed by atoms with Gasteiger partial charge in [-0.25, -0.2) is 13.2 Å². The quantitative estimate of drug-likeness (QED) is 0.716. The monoisotopic (exact) mass is 254 g/mol. The highest BCUT2D eigenvalue weighted by atomic mass is 32.2. The van der Waals surface area contributed by atoms with Crippen molar-refractivity contribution in [2.24, 2.45) is 0 Å². The number of fused-ring (bicyclic) bond motifs is 1. The van der Waals surface area contributed by atoms with Gasteiger partial charge in [0.05, 0.1) is 23.3 Å². The molecule has 0 radical (unpaired) electrons. The zero-order valence-corrected chi connectivity index (χ0v) is 10.6. The number of methoxy groups -OCH3 is 1. The fraction of sp³-hybridized carbons (Fsp3) is 0.417. The summed E-state index contributed by atoms with van der Waals surface area (Å²) in [6.07, 6.45) is 0.632. The first kappa shape index (κ1) is 12.1. The van der Waals surface area contributed by atoms with Crippen LogP contribution in [0.5, 0.6) is 0 Å². The summed E-state index contributed by atoms with van der Waals surface area (Å²) in [6.45, 7) is 1.99. The van der Waals surface area contributed by atoms with Gasteiger partial charge in [-0.15, -0.1) is 0 Å². The van der Waals surface area contributed by atoms with Gasteiger partial charge in [-0.2, -0.15) is 0 Å². The third-order valence-corrected chi connectivity index (χ3v) is 4.92. The van der Waals surface area contributed by atoms with E-state index in [2.05, 4.69) is 4.74 Å². The number of rotatable bonds is 1. The molecule has 0 fully saturated rings. The minimum Gasteiger partial charge on any atom is -0.465 e. The summed E-state index contributed by atoms with van der Waals surface area (Å²) < 4.78 is 28.4. The Balaban J connectivity index is 2.60. The molecular weight excluding hydrogens is 240 g/mol. The summed E-state index contributed by atoms with van der Waals surface area (Å²) in [7, 11) is -1.97. The molecule has 4 nitrogen and oxygen atoms in total. The van der Waals surface area contributed by atoms with E-state index >= 15 is 0 Å². The van der Waals surface area contributed by atoms with E-state index in [4.69, 9.17) is 0 Å². The van der Waals surface area contributed by atoms with Crippen LogP contribution in [0.15, 0.2) is 23.1 Å². The molecular formula is C12H14O4S. The summed E-state index contributed by atoms with van der Waals surface area (Å²) >= 11 is 0. The lowest BCUT2D eigenvalue weighted by Gasteiger charge is -2.22. The third kappa shape index (κ3) is 2.07. The molecule has 1 heterocycles. The lowest BCUT2D eigenvalue weighted by Crippen LogP contribution is -2.19. The van der Waals surface area contributed by atoms with Crippen LogP contribution < -0.4 is 0 Å². The second kappa shape index (κ2) is 4.14. The highest BCUT2D eigenvalue weighted by molar-refractivity contribution is 7.91. The summed E-state index contributed by atoms with van der Waals surface area (Å²) in [6, 6.07) is 4.75. The van der Waals surface area contributed by atoms with Crippen molar-refractivity contribution in [3.63, 3.8) is 0 Å². The maximum atomic E-state index is 11.9. The Morgan fingerprint density at radius 3 is 2.76 bits per heavy atom. The molecule has 0 amide bonds. The maximum absolute atomic E-state index is 11.9. The standard InChI is InChI=1S/C12H14O4S/c1-8-5-6-17(14,15)11-7-9(12(13)16-2)3-4-10(8)11/h3-4,7-8H,5-6H2,1-2H3/t8-/m0/s1. The summed E-state index contributed by atoms with van der Waals surface area (Å²) in [4.78, 5) is 11.7. The van der Waals surface area contributed by atoms with Crippen molar-refractivity contribution in [3.8, 4) is 0 Å². The molecule has 1 aliphatic rings. The number of carbonyl (C=O) groups is 1. The molecule has 1 aromatic rings. The molecule has 0 bridgehead atoms. The van der Waals surface area contributed by atoms with Crippen LogP contribution >= 0.6 is 0 Å². The van der Waals surface area contributed by atoms with Gasteiger partial charge in [0.15, 0.2) is 9.84 Å². The van der Waals surface area contributed by atoms with Crippen molar-refractivity contribution in [2.75, 3.05) is 12.9 Å². The molecule has 0 spiro atoms. The molecule has 0 aromatic heterocycles. The van der Waals surface area contributed by atoms with Crippen LogP contribution in [0.25, 0.3) is 0 Å². The van der Waals surface area contributed by atoms with Crippen molar-refractivity contribution in [1.29, 1.82) is 0 Å². The smallest absolute Gasteiger partial charge is 0.337 e. The molecule has 0 aliphatic carbocycles. The number of hydrogen-bond donors (Lipinski definition) is 0. The normalized spacial score (nSPS) is 21.6. The molecule has 0 unspecified atom stereocenters. The van der Waals surface area contributed by atoms with Gasteiger partial charge in [0.25, 0.3) is 0 Å². The van der Waals surface area contributed by atoms with E-state index in [0.717, 1.165) is 5.56 Å². The zero-order valence-electron chi connectivity index (χ0n) is 9.76. The van der Waals surface area contributed by atoms with Gasteiger partial charge in [-0.3, -0.25) is 0 Å². The maximum Gasteiger partial charge on any atom is 0.337 e. The molecule has 0 saturated carbocycles. The Kier molecular flexibility index (Phi) is 2.95. The lowest BCUT2D eigenvalue weighted by molar-refractivity contribution is 0.0600. The fourth-order valence-corrected chi connectivity index (χ4v) is 3.87. The van der Waals surface area contributed by atoms with E-state index in [1.54, 1.807) is 12.1 Å². The Labute approximate surface area is 101 Å². The van der Waals surface area contributed by atoms with E-state index in [-0.39, 0.29) is 22.1 Å². The number of carbonyl (C=O) groups excluding carboxylic acids is 1. The first-order valence-corrected chi connectivity index (χ1v) is 7.06. The van der Waals surface area contributed by atoms with Crippen molar-refractivity contribution in [3.05, 3.63) is 29.3 Å². The lowest BCUT2D eigenvalue weighted by atomic mass is 9.97. The van der Waals surface area contributed by atoms with Crippen LogP contribution in [0.4, 0.5) is 0 Å². The number of benzene rings is 1. The first-order valence-electron chi connectivity index (χ1n) is 5.40. The van der Waals surface area contributed by atoms with Crippen LogP contribution in [-0.4, -0.2) is 27.2 Å². The molecule has 2 rings (SSSR count).